The van der Waals surface area contributed by atoms with Crippen molar-refractivity contribution in [3.8, 4) is 11.3 Å². The molecule has 0 amide bonds. The van der Waals surface area contributed by atoms with E-state index in [4.69, 9.17) is 5.73 Å². The number of rotatable bonds is 1. The molecular weight excluding hydrogens is 250 g/mol. The Morgan fingerprint density at radius 2 is 2.00 bits per heavy atom. The molecule has 0 saturated heterocycles. The van der Waals surface area contributed by atoms with Crippen LogP contribution in [0, 0.1) is 0 Å². The molecule has 2 N–H and O–H groups in total. The molecule has 4 aromatic rings. The Bertz CT molecular complexity index is 932. The summed E-state index contributed by atoms with van der Waals surface area (Å²) in [5, 5.41) is 5.74. The second-order valence-electron chi connectivity index (χ2n) is 4.84. The first-order valence-corrected chi connectivity index (χ1v) is 6.39. The standard InChI is InChI=1S/C15H13N5/c1-19-9-11(10-4-2-3-5-13(10)19)12-8-15-17-7-6-14(16)20(15)18-12/h2-9H,16H2,1H3. The van der Waals surface area contributed by atoms with E-state index in [0.29, 0.717) is 5.82 Å². The quantitative estimate of drug-likeness (QED) is 0.574. The molecule has 5 heteroatoms. The number of para-hydroxylation sites is 1. The summed E-state index contributed by atoms with van der Waals surface area (Å²) >= 11 is 0. The molecule has 0 bridgehead atoms. The molecule has 3 heterocycles. The zero-order valence-corrected chi connectivity index (χ0v) is 11.0. The van der Waals surface area contributed by atoms with Gasteiger partial charge in [0.25, 0.3) is 0 Å². The summed E-state index contributed by atoms with van der Waals surface area (Å²) in [5.74, 6) is 0.585. The van der Waals surface area contributed by atoms with Crippen molar-refractivity contribution in [3.05, 3.63) is 48.8 Å². The van der Waals surface area contributed by atoms with Crippen LogP contribution in [-0.4, -0.2) is 19.2 Å². The van der Waals surface area contributed by atoms with E-state index in [1.165, 1.54) is 10.9 Å². The van der Waals surface area contributed by atoms with Gasteiger partial charge in [0.2, 0.25) is 0 Å². The Labute approximate surface area is 115 Å². The Kier molecular flexibility index (Phi) is 2.12. The third kappa shape index (κ3) is 1.43. The number of fused-ring (bicyclic) bond motifs is 2. The fourth-order valence-corrected chi connectivity index (χ4v) is 2.59. The Hall–Kier alpha value is -2.82. The maximum atomic E-state index is 5.92. The first-order chi connectivity index (χ1) is 9.74. The van der Waals surface area contributed by atoms with Gasteiger partial charge in [0.15, 0.2) is 5.65 Å². The summed E-state index contributed by atoms with van der Waals surface area (Å²) in [5.41, 5.74) is 9.83. The molecular formula is C15H13N5. The van der Waals surface area contributed by atoms with Crippen LogP contribution in [0.15, 0.2) is 48.8 Å². The molecule has 4 rings (SSSR count). The highest BCUT2D eigenvalue weighted by atomic mass is 15.3. The molecule has 0 radical (unpaired) electrons. The third-order valence-electron chi connectivity index (χ3n) is 3.56. The van der Waals surface area contributed by atoms with Gasteiger partial charge in [0.05, 0.1) is 5.69 Å². The molecule has 3 aromatic heterocycles. The number of hydrogen-bond donors (Lipinski definition) is 1. The normalized spacial score (nSPS) is 11.4. The van der Waals surface area contributed by atoms with Gasteiger partial charge in [-0.05, 0) is 12.1 Å². The van der Waals surface area contributed by atoms with E-state index >= 15 is 0 Å². The van der Waals surface area contributed by atoms with Gasteiger partial charge < -0.3 is 10.3 Å². The molecule has 0 saturated carbocycles. The van der Waals surface area contributed by atoms with E-state index < -0.39 is 0 Å². The van der Waals surface area contributed by atoms with Crippen molar-refractivity contribution < 1.29 is 0 Å². The van der Waals surface area contributed by atoms with Crippen molar-refractivity contribution in [2.24, 2.45) is 7.05 Å². The second-order valence-corrected chi connectivity index (χ2v) is 4.84. The molecule has 0 aliphatic rings. The number of anilines is 1. The van der Waals surface area contributed by atoms with E-state index in [9.17, 15) is 0 Å². The first kappa shape index (κ1) is 11.0. The first-order valence-electron chi connectivity index (χ1n) is 6.39. The molecule has 5 nitrogen and oxygen atoms in total. The molecule has 0 aliphatic heterocycles. The number of nitrogen functional groups attached to an aromatic ring is 1. The average Bonchev–Trinajstić information content (AvgIpc) is 3.02. The number of hydrogen-bond acceptors (Lipinski definition) is 3. The van der Waals surface area contributed by atoms with E-state index in [0.717, 1.165) is 16.9 Å². The van der Waals surface area contributed by atoms with Crippen molar-refractivity contribution >= 4 is 22.4 Å². The Balaban J connectivity index is 2.04. The van der Waals surface area contributed by atoms with Crippen LogP contribution >= 0.6 is 0 Å². The molecule has 1 aromatic carbocycles. The summed E-state index contributed by atoms with van der Waals surface area (Å²) in [7, 11) is 2.04. The number of benzene rings is 1. The minimum Gasteiger partial charge on any atom is -0.384 e. The molecule has 0 fully saturated rings. The SMILES string of the molecule is Cn1cc(-c2cc3nccc(N)n3n2)c2ccccc21. The predicted octanol–water partition coefficient (Wildman–Crippen LogP) is 2.47. The summed E-state index contributed by atoms with van der Waals surface area (Å²) in [4.78, 5) is 4.29. The molecule has 20 heavy (non-hydrogen) atoms. The van der Waals surface area contributed by atoms with Crippen LogP contribution in [0.2, 0.25) is 0 Å². The molecule has 98 valence electrons. The van der Waals surface area contributed by atoms with Crippen molar-refractivity contribution in [1.82, 2.24) is 19.2 Å². The lowest BCUT2D eigenvalue weighted by Crippen LogP contribution is -1.98. The van der Waals surface area contributed by atoms with Crippen molar-refractivity contribution in [2.45, 2.75) is 0 Å². The van der Waals surface area contributed by atoms with Gasteiger partial charge in [-0.2, -0.15) is 9.61 Å². The fourth-order valence-electron chi connectivity index (χ4n) is 2.59. The molecule has 0 spiro atoms. The summed E-state index contributed by atoms with van der Waals surface area (Å²) in [6, 6.07) is 12.0. The van der Waals surface area contributed by atoms with Gasteiger partial charge in [0, 0.05) is 42.0 Å². The van der Waals surface area contributed by atoms with Gasteiger partial charge in [0.1, 0.15) is 5.82 Å². The highest BCUT2D eigenvalue weighted by Gasteiger charge is 2.12. The zero-order chi connectivity index (χ0) is 13.7. The van der Waals surface area contributed by atoms with E-state index in [1.807, 2.05) is 25.2 Å². The smallest absolute Gasteiger partial charge is 0.157 e. The Morgan fingerprint density at radius 3 is 2.85 bits per heavy atom. The summed E-state index contributed by atoms with van der Waals surface area (Å²) in [6.07, 6.45) is 3.78. The lowest BCUT2D eigenvalue weighted by Gasteiger charge is -1.95. The van der Waals surface area contributed by atoms with Crippen molar-refractivity contribution in [3.63, 3.8) is 0 Å². The minimum atomic E-state index is 0.585. The lowest BCUT2D eigenvalue weighted by molar-refractivity contribution is 0.950. The van der Waals surface area contributed by atoms with Crippen LogP contribution in [0.3, 0.4) is 0 Å². The number of nitrogens with zero attached hydrogens (tertiary/aromatic N) is 4. The highest BCUT2D eigenvalue weighted by molar-refractivity contribution is 5.95. The topological polar surface area (TPSA) is 61.1 Å². The largest absolute Gasteiger partial charge is 0.384 e. The van der Waals surface area contributed by atoms with Crippen LogP contribution < -0.4 is 5.73 Å². The van der Waals surface area contributed by atoms with Crippen molar-refractivity contribution in [2.75, 3.05) is 5.73 Å². The molecule has 0 aliphatic carbocycles. The van der Waals surface area contributed by atoms with Gasteiger partial charge in [-0.3, -0.25) is 0 Å². The minimum absolute atomic E-state index is 0.585. The number of aryl methyl sites for hydroxylation is 1. The number of aromatic nitrogens is 4. The molecule has 0 atom stereocenters. The van der Waals surface area contributed by atoms with Crippen LogP contribution in [-0.2, 0) is 7.05 Å². The van der Waals surface area contributed by atoms with Gasteiger partial charge >= 0.3 is 0 Å². The zero-order valence-electron chi connectivity index (χ0n) is 11.0. The fraction of sp³-hybridized carbons (Fsp3) is 0.0667. The molecule has 0 unspecified atom stereocenters. The van der Waals surface area contributed by atoms with Crippen LogP contribution in [0.4, 0.5) is 5.82 Å². The summed E-state index contributed by atoms with van der Waals surface area (Å²) < 4.78 is 3.77. The van der Waals surface area contributed by atoms with Crippen LogP contribution in [0.25, 0.3) is 27.8 Å². The van der Waals surface area contributed by atoms with Crippen LogP contribution in [0.5, 0.6) is 0 Å². The average molecular weight is 263 g/mol. The third-order valence-corrected chi connectivity index (χ3v) is 3.56. The predicted molar refractivity (Wildman–Crippen MR) is 79.3 cm³/mol. The monoisotopic (exact) mass is 263 g/mol. The van der Waals surface area contributed by atoms with E-state index in [-0.39, 0.29) is 0 Å². The second kappa shape index (κ2) is 3.84. The van der Waals surface area contributed by atoms with E-state index in [1.54, 1.807) is 16.8 Å². The highest BCUT2D eigenvalue weighted by Crippen LogP contribution is 2.29. The summed E-state index contributed by atoms with van der Waals surface area (Å²) in [6.45, 7) is 0. The van der Waals surface area contributed by atoms with Gasteiger partial charge in [-0.15, -0.1) is 0 Å². The number of nitrogens with two attached hydrogens (primary N) is 1. The maximum absolute atomic E-state index is 5.92. The lowest BCUT2D eigenvalue weighted by atomic mass is 10.1. The van der Waals surface area contributed by atoms with Crippen molar-refractivity contribution in [1.29, 1.82) is 0 Å². The van der Waals surface area contributed by atoms with Crippen LogP contribution in [0.1, 0.15) is 0 Å². The maximum Gasteiger partial charge on any atom is 0.157 e. The van der Waals surface area contributed by atoms with Gasteiger partial charge in [-0.25, -0.2) is 4.98 Å². The van der Waals surface area contributed by atoms with E-state index in [2.05, 4.69) is 33.0 Å². The van der Waals surface area contributed by atoms with Gasteiger partial charge in [-0.1, -0.05) is 18.2 Å². The Morgan fingerprint density at radius 1 is 1.15 bits per heavy atom.